The van der Waals surface area contributed by atoms with Gasteiger partial charge in [-0.25, -0.2) is 9.59 Å². The van der Waals surface area contributed by atoms with Crippen LogP contribution in [0, 0.1) is 0 Å². The molecule has 0 aromatic rings. The van der Waals surface area contributed by atoms with Crippen molar-refractivity contribution in [2.24, 2.45) is 0 Å². The highest BCUT2D eigenvalue weighted by molar-refractivity contribution is 5.89. The molecule has 0 aromatic heterocycles. The lowest BCUT2D eigenvalue weighted by atomic mass is 9.68. The molecule has 2 aliphatic heterocycles. The SMILES string of the molecule is C=CCN1C(C)(C)CC(NC(=O)CCCCCCCCCCC(=O)NC2(C(=O)OC)CC(C)(C)N(CC=C)C(C)(C)C2)(C(=O)OC)CC1(C)C. The van der Waals surface area contributed by atoms with E-state index in [0.29, 0.717) is 51.6 Å². The highest BCUT2D eigenvalue weighted by Gasteiger charge is 2.58. The van der Waals surface area contributed by atoms with Crippen LogP contribution in [0.4, 0.5) is 0 Å². The Morgan fingerprint density at radius 1 is 0.540 bits per heavy atom. The van der Waals surface area contributed by atoms with Crippen LogP contribution in [-0.2, 0) is 28.7 Å². The van der Waals surface area contributed by atoms with E-state index in [0.717, 1.165) is 51.4 Å². The number of ether oxygens (including phenoxy) is 2. The van der Waals surface area contributed by atoms with E-state index in [1.54, 1.807) is 0 Å². The third-order valence-electron chi connectivity index (χ3n) is 11.0. The number of hydrogen-bond donors (Lipinski definition) is 2. The van der Waals surface area contributed by atoms with Crippen molar-refractivity contribution in [3.05, 3.63) is 25.3 Å². The smallest absolute Gasteiger partial charge is 0.331 e. The van der Waals surface area contributed by atoms with Gasteiger partial charge in [-0.15, -0.1) is 13.2 Å². The molecule has 2 amide bonds. The van der Waals surface area contributed by atoms with E-state index < -0.39 is 11.1 Å². The van der Waals surface area contributed by atoms with Crippen LogP contribution < -0.4 is 10.6 Å². The van der Waals surface area contributed by atoms with Gasteiger partial charge in [-0.3, -0.25) is 19.4 Å². The molecule has 0 unspecified atom stereocenters. The molecular formula is C40H70N4O6. The van der Waals surface area contributed by atoms with Gasteiger partial charge in [0.15, 0.2) is 0 Å². The van der Waals surface area contributed by atoms with Gasteiger partial charge in [0, 0.05) is 48.1 Å². The van der Waals surface area contributed by atoms with Gasteiger partial charge in [0.05, 0.1) is 14.2 Å². The summed E-state index contributed by atoms with van der Waals surface area (Å²) in [4.78, 5) is 57.2. The van der Waals surface area contributed by atoms with Crippen LogP contribution in [0.25, 0.3) is 0 Å². The van der Waals surface area contributed by atoms with Crippen molar-refractivity contribution in [2.75, 3.05) is 27.3 Å². The summed E-state index contributed by atoms with van der Waals surface area (Å²) >= 11 is 0. The zero-order chi connectivity index (χ0) is 38.0. The van der Waals surface area contributed by atoms with Crippen molar-refractivity contribution in [1.29, 1.82) is 0 Å². The fraction of sp³-hybridized carbons (Fsp3) is 0.800. The number of unbranched alkanes of at least 4 members (excludes halogenated alkanes) is 7. The van der Waals surface area contributed by atoms with Gasteiger partial charge in [0.1, 0.15) is 11.1 Å². The summed E-state index contributed by atoms with van der Waals surface area (Å²) in [5.41, 5.74) is -3.50. The van der Waals surface area contributed by atoms with Gasteiger partial charge < -0.3 is 20.1 Å². The molecule has 0 atom stereocenters. The molecule has 2 N–H and O–H groups in total. The lowest BCUT2D eigenvalue weighted by Crippen LogP contribution is -2.71. The molecule has 2 aliphatic rings. The van der Waals surface area contributed by atoms with Crippen molar-refractivity contribution in [2.45, 2.75) is 179 Å². The first-order valence-corrected chi connectivity index (χ1v) is 18.7. The van der Waals surface area contributed by atoms with Crippen LogP contribution in [0.5, 0.6) is 0 Å². The number of likely N-dealkylation sites (tertiary alicyclic amines) is 2. The number of carbonyl (C=O) groups is 4. The van der Waals surface area contributed by atoms with Crippen molar-refractivity contribution < 1.29 is 28.7 Å². The van der Waals surface area contributed by atoms with Gasteiger partial charge in [-0.1, -0.05) is 50.7 Å². The quantitative estimate of drug-likeness (QED) is 0.0877. The van der Waals surface area contributed by atoms with Gasteiger partial charge in [0.2, 0.25) is 11.8 Å². The molecule has 0 radical (unpaired) electrons. The number of nitrogens with one attached hydrogen (secondary N) is 2. The summed E-state index contributed by atoms with van der Waals surface area (Å²) in [5, 5.41) is 6.23. The van der Waals surface area contributed by atoms with Crippen LogP contribution in [0.15, 0.2) is 25.3 Å². The second-order valence-electron chi connectivity index (χ2n) is 17.3. The fourth-order valence-corrected chi connectivity index (χ4v) is 9.59. The lowest BCUT2D eigenvalue weighted by molar-refractivity contribution is -0.162. The fourth-order valence-electron chi connectivity index (χ4n) is 9.59. The number of methoxy groups -OCH3 is 2. The van der Waals surface area contributed by atoms with Crippen molar-refractivity contribution >= 4 is 23.8 Å². The zero-order valence-corrected chi connectivity index (χ0v) is 33.2. The van der Waals surface area contributed by atoms with E-state index in [4.69, 9.17) is 9.47 Å². The predicted octanol–water partition coefficient (Wildman–Crippen LogP) is 6.62. The van der Waals surface area contributed by atoms with Crippen molar-refractivity contribution in [1.82, 2.24) is 20.4 Å². The Hall–Kier alpha value is -2.72. The molecule has 10 heteroatoms. The second kappa shape index (κ2) is 17.7. The molecule has 286 valence electrons. The third-order valence-corrected chi connectivity index (χ3v) is 11.0. The Kier molecular flexibility index (Phi) is 15.4. The molecule has 0 bridgehead atoms. The first-order valence-electron chi connectivity index (χ1n) is 18.7. The summed E-state index contributed by atoms with van der Waals surface area (Å²) in [6.07, 6.45) is 14.0. The van der Waals surface area contributed by atoms with Gasteiger partial charge >= 0.3 is 11.9 Å². The Balaban J connectivity index is 1.76. The standard InChI is InChI=1S/C40H70N4O6/c1-13-25-43-35(3,4)27-39(33(47)49-11,28-36(43,5)6)41-31(45)23-21-19-17-15-16-18-20-22-24-32(46)42-40(34(48)50-12)29-37(7,8)44(26-14-2)38(9,10)30-40/h13-14H,1-2,15-30H2,3-12H3,(H,41,45)(H,42,46). The Labute approximate surface area is 303 Å². The van der Waals surface area contributed by atoms with E-state index in [-0.39, 0.29) is 45.9 Å². The maximum absolute atomic E-state index is 13.1. The lowest BCUT2D eigenvalue weighted by Gasteiger charge is -2.58. The average Bonchev–Trinajstić information content (AvgIpc) is 2.99. The van der Waals surface area contributed by atoms with E-state index in [1.807, 2.05) is 12.2 Å². The molecule has 2 rings (SSSR count). The second-order valence-corrected chi connectivity index (χ2v) is 17.3. The number of hydrogen-bond acceptors (Lipinski definition) is 8. The van der Waals surface area contributed by atoms with Crippen LogP contribution in [0.3, 0.4) is 0 Å². The van der Waals surface area contributed by atoms with Crippen LogP contribution in [-0.4, -0.2) is 94.1 Å². The minimum Gasteiger partial charge on any atom is -0.467 e. The Bertz CT molecular complexity index is 1080. The maximum atomic E-state index is 13.1. The van der Waals surface area contributed by atoms with Crippen molar-refractivity contribution in [3.63, 3.8) is 0 Å². The Morgan fingerprint density at radius 3 is 1.04 bits per heavy atom. The number of rotatable bonds is 19. The van der Waals surface area contributed by atoms with E-state index >= 15 is 0 Å². The minimum atomic E-state index is -1.07. The minimum absolute atomic E-state index is 0.110. The van der Waals surface area contributed by atoms with Crippen LogP contribution in [0.2, 0.25) is 0 Å². The first kappa shape index (κ1) is 43.4. The van der Waals surface area contributed by atoms with Gasteiger partial charge in [-0.05, 0) is 93.9 Å². The van der Waals surface area contributed by atoms with Crippen LogP contribution >= 0.6 is 0 Å². The average molecular weight is 703 g/mol. The summed E-state index contributed by atoms with van der Waals surface area (Å²) in [6, 6.07) is 0. The third kappa shape index (κ3) is 10.9. The summed E-state index contributed by atoms with van der Waals surface area (Å²) < 4.78 is 10.5. The molecule has 10 nitrogen and oxygen atoms in total. The summed E-state index contributed by atoms with van der Waals surface area (Å²) in [6.45, 7) is 26.1. The maximum Gasteiger partial charge on any atom is 0.331 e. The molecule has 0 aromatic carbocycles. The molecular weight excluding hydrogens is 632 g/mol. The molecule has 2 fully saturated rings. The van der Waals surface area contributed by atoms with Gasteiger partial charge in [-0.2, -0.15) is 0 Å². The number of esters is 2. The normalized spacial score (nSPS) is 21.7. The van der Waals surface area contributed by atoms with Gasteiger partial charge in [0.25, 0.3) is 0 Å². The first-order chi connectivity index (χ1) is 23.2. The molecule has 0 spiro atoms. The van der Waals surface area contributed by atoms with Crippen LogP contribution in [0.1, 0.15) is 145 Å². The molecule has 2 saturated heterocycles. The van der Waals surface area contributed by atoms with E-state index in [2.05, 4.69) is 89.0 Å². The summed E-state index contributed by atoms with van der Waals surface area (Å²) in [7, 11) is 2.77. The molecule has 0 aliphatic carbocycles. The number of carbonyl (C=O) groups excluding carboxylic acids is 4. The highest BCUT2D eigenvalue weighted by Crippen LogP contribution is 2.45. The summed E-state index contributed by atoms with van der Waals surface area (Å²) in [5.74, 6) is -0.993. The largest absolute Gasteiger partial charge is 0.467 e. The van der Waals surface area contributed by atoms with E-state index in [1.165, 1.54) is 14.2 Å². The number of nitrogens with zero attached hydrogens (tertiary/aromatic N) is 2. The van der Waals surface area contributed by atoms with Crippen molar-refractivity contribution in [3.8, 4) is 0 Å². The number of piperidine rings is 2. The zero-order valence-electron chi connectivity index (χ0n) is 33.2. The topological polar surface area (TPSA) is 117 Å². The monoisotopic (exact) mass is 703 g/mol. The molecule has 2 heterocycles. The Morgan fingerprint density at radius 2 is 0.800 bits per heavy atom. The number of amides is 2. The highest BCUT2D eigenvalue weighted by atomic mass is 16.5. The van der Waals surface area contributed by atoms with E-state index in [9.17, 15) is 19.2 Å². The molecule has 0 saturated carbocycles. The predicted molar refractivity (Wildman–Crippen MR) is 201 cm³/mol. The molecule has 50 heavy (non-hydrogen) atoms.